The van der Waals surface area contributed by atoms with Crippen molar-refractivity contribution in [2.75, 3.05) is 11.0 Å². The molecule has 112 valence electrons. The lowest BCUT2D eigenvalue weighted by molar-refractivity contribution is 0.101. The summed E-state index contributed by atoms with van der Waals surface area (Å²) in [6.45, 7) is 5.29. The molecule has 1 aromatic heterocycles. The van der Waals surface area contributed by atoms with E-state index < -0.39 is 10.0 Å². The van der Waals surface area contributed by atoms with Crippen LogP contribution in [0.3, 0.4) is 0 Å². The van der Waals surface area contributed by atoms with Crippen LogP contribution in [0.15, 0.2) is 24.3 Å². The highest BCUT2D eigenvalue weighted by molar-refractivity contribution is 7.92. The molecular formula is C15H17NO3S2. The minimum atomic E-state index is -3.42. The highest BCUT2D eigenvalue weighted by Gasteiger charge is 2.21. The van der Waals surface area contributed by atoms with Gasteiger partial charge in [-0.25, -0.2) is 8.42 Å². The van der Waals surface area contributed by atoms with E-state index in [-0.39, 0.29) is 5.78 Å². The zero-order valence-electron chi connectivity index (χ0n) is 12.4. The Labute approximate surface area is 128 Å². The molecule has 0 spiro atoms. The molecule has 0 radical (unpaired) electrons. The van der Waals surface area contributed by atoms with Crippen LogP contribution in [0.1, 0.15) is 28.4 Å². The van der Waals surface area contributed by atoms with Gasteiger partial charge in [-0.15, -0.1) is 11.3 Å². The summed E-state index contributed by atoms with van der Waals surface area (Å²) in [6, 6.07) is 7.93. The number of nitrogens with one attached hydrogen (secondary N) is 1. The maximum absolute atomic E-state index is 11.8. The second-order valence-corrected chi connectivity index (χ2v) is 7.83. The number of benzene rings is 1. The number of Topliss-reactive ketones (excluding diaryl/α,β-unsaturated/α-hetero) is 1. The Morgan fingerprint density at radius 1 is 1.14 bits per heavy atom. The number of anilines is 1. The molecule has 4 nitrogen and oxygen atoms in total. The van der Waals surface area contributed by atoms with Crippen LogP contribution in [0.25, 0.3) is 10.4 Å². The molecule has 0 saturated carbocycles. The van der Waals surface area contributed by atoms with Crippen molar-refractivity contribution < 1.29 is 13.2 Å². The molecule has 0 aliphatic carbocycles. The van der Waals surface area contributed by atoms with Crippen molar-refractivity contribution in [1.29, 1.82) is 0 Å². The van der Waals surface area contributed by atoms with Crippen molar-refractivity contribution in [2.24, 2.45) is 0 Å². The minimum absolute atomic E-state index is 0.145. The summed E-state index contributed by atoms with van der Waals surface area (Å²) < 4.78 is 25.4. The quantitative estimate of drug-likeness (QED) is 0.874. The Bertz CT molecular complexity index is 787. The average Bonchev–Trinajstić information content (AvgIpc) is 2.65. The number of rotatable bonds is 4. The summed E-state index contributed by atoms with van der Waals surface area (Å²) in [6.07, 6.45) is 1.08. The first-order valence-corrected chi connectivity index (χ1v) is 9.09. The Morgan fingerprint density at radius 2 is 1.71 bits per heavy atom. The fraction of sp³-hybridized carbons (Fsp3) is 0.267. The highest BCUT2D eigenvalue weighted by atomic mass is 32.2. The van der Waals surface area contributed by atoms with Gasteiger partial charge in [-0.2, -0.15) is 0 Å². The van der Waals surface area contributed by atoms with E-state index in [1.165, 1.54) is 18.3 Å². The number of hydrogen-bond acceptors (Lipinski definition) is 4. The fourth-order valence-electron chi connectivity index (χ4n) is 2.16. The third kappa shape index (κ3) is 3.51. The van der Waals surface area contributed by atoms with Gasteiger partial charge in [0.05, 0.1) is 11.8 Å². The van der Waals surface area contributed by atoms with Gasteiger partial charge in [0.25, 0.3) is 0 Å². The Kier molecular flexibility index (Phi) is 4.20. The maximum atomic E-state index is 11.8. The second kappa shape index (κ2) is 5.61. The molecule has 1 aromatic carbocycles. The molecule has 1 heterocycles. The summed E-state index contributed by atoms with van der Waals surface area (Å²) in [5.41, 5.74) is 3.38. The molecule has 0 bridgehead atoms. The van der Waals surface area contributed by atoms with E-state index in [0.29, 0.717) is 10.6 Å². The first-order chi connectivity index (χ1) is 9.69. The van der Waals surface area contributed by atoms with Gasteiger partial charge in [0, 0.05) is 4.88 Å². The molecular weight excluding hydrogens is 306 g/mol. The topological polar surface area (TPSA) is 63.2 Å². The van der Waals surface area contributed by atoms with Crippen molar-refractivity contribution in [3.8, 4) is 10.4 Å². The predicted octanol–water partition coefficient (Wildman–Crippen LogP) is 3.61. The first kappa shape index (κ1) is 15.7. The van der Waals surface area contributed by atoms with E-state index in [0.717, 1.165) is 27.8 Å². The van der Waals surface area contributed by atoms with Crippen molar-refractivity contribution in [3.05, 3.63) is 41.0 Å². The van der Waals surface area contributed by atoms with Gasteiger partial charge in [0.15, 0.2) is 5.78 Å². The molecule has 0 fully saturated rings. The number of carbonyl (C=O) groups excluding carboxylic acids is 1. The van der Waals surface area contributed by atoms with E-state index in [2.05, 4.69) is 4.72 Å². The van der Waals surface area contributed by atoms with Gasteiger partial charge < -0.3 is 0 Å². The molecule has 1 N–H and O–H groups in total. The fourth-order valence-corrected chi connectivity index (χ4v) is 4.33. The zero-order valence-corrected chi connectivity index (χ0v) is 14.0. The largest absolute Gasteiger partial charge is 0.294 e. The number of sulfonamides is 1. The van der Waals surface area contributed by atoms with Gasteiger partial charge in [0.2, 0.25) is 10.0 Å². The van der Waals surface area contributed by atoms with Crippen molar-refractivity contribution in [2.45, 2.75) is 20.8 Å². The molecule has 0 aliphatic rings. The zero-order chi connectivity index (χ0) is 15.8. The summed E-state index contributed by atoms with van der Waals surface area (Å²) >= 11 is 1.29. The van der Waals surface area contributed by atoms with Crippen LogP contribution in [0.2, 0.25) is 0 Å². The van der Waals surface area contributed by atoms with Gasteiger partial charge in [-0.3, -0.25) is 9.52 Å². The van der Waals surface area contributed by atoms with E-state index in [9.17, 15) is 13.2 Å². The molecule has 2 aromatic rings. The lowest BCUT2D eigenvalue weighted by atomic mass is 10.0. The van der Waals surface area contributed by atoms with E-state index in [4.69, 9.17) is 0 Å². The van der Waals surface area contributed by atoms with E-state index in [1.807, 2.05) is 38.1 Å². The van der Waals surface area contributed by atoms with Crippen LogP contribution in [-0.4, -0.2) is 20.5 Å². The average molecular weight is 323 g/mol. The summed E-state index contributed by atoms with van der Waals surface area (Å²) in [4.78, 5) is 12.8. The maximum Gasteiger partial charge on any atom is 0.230 e. The molecule has 2 rings (SSSR count). The third-order valence-corrected chi connectivity index (χ3v) is 5.05. The molecule has 21 heavy (non-hydrogen) atoms. The number of thiophene rings is 1. The van der Waals surface area contributed by atoms with Crippen LogP contribution in [-0.2, 0) is 10.0 Å². The minimum Gasteiger partial charge on any atom is -0.294 e. The Balaban J connectivity index is 2.61. The number of carbonyl (C=O) groups is 1. The molecule has 0 aliphatic heterocycles. The molecule has 0 saturated heterocycles. The predicted molar refractivity (Wildman–Crippen MR) is 87.7 cm³/mol. The van der Waals surface area contributed by atoms with Crippen molar-refractivity contribution >= 4 is 32.1 Å². The van der Waals surface area contributed by atoms with Gasteiger partial charge in [0.1, 0.15) is 5.00 Å². The standard InChI is InChI=1S/C15H17NO3S2/c1-9-5-7-12(8-6-9)14-10(2)13(11(3)17)15(20-14)16-21(4,18)19/h5-8,16H,1-4H3. The highest BCUT2D eigenvalue weighted by Crippen LogP contribution is 2.40. The smallest absolute Gasteiger partial charge is 0.230 e. The number of ketones is 1. The Morgan fingerprint density at radius 3 is 2.19 bits per heavy atom. The SMILES string of the molecule is CC(=O)c1c(NS(C)(=O)=O)sc(-c2ccc(C)cc2)c1C. The summed E-state index contributed by atoms with van der Waals surface area (Å²) in [7, 11) is -3.42. The van der Waals surface area contributed by atoms with Crippen LogP contribution in [0.5, 0.6) is 0 Å². The normalized spacial score (nSPS) is 11.4. The summed E-state index contributed by atoms with van der Waals surface area (Å²) in [5.74, 6) is -0.145. The van der Waals surface area contributed by atoms with Crippen molar-refractivity contribution in [1.82, 2.24) is 0 Å². The molecule has 0 unspecified atom stereocenters. The van der Waals surface area contributed by atoms with Crippen molar-refractivity contribution in [3.63, 3.8) is 0 Å². The van der Waals surface area contributed by atoms with Crippen LogP contribution >= 0.6 is 11.3 Å². The van der Waals surface area contributed by atoms with Gasteiger partial charge in [-0.05, 0) is 31.9 Å². The van der Waals surface area contributed by atoms with E-state index >= 15 is 0 Å². The third-order valence-electron chi connectivity index (χ3n) is 3.09. The molecule has 6 heteroatoms. The summed E-state index contributed by atoms with van der Waals surface area (Å²) in [5, 5.41) is 0.387. The number of aryl methyl sites for hydroxylation is 1. The van der Waals surface area contributed by atoms with Gasteiger partial charge in [-0.1, -0.05) is 29.8 Å². The number of hydrogen-bond donors (Lipinski definition) is 1. The van der Waals surface area contributed by atoms with Crippen LogP contribution in [0.4, 0.5) is 5.00 Å². The lowest BCUT2D eigenvalue weighted by Gasteiger charge is -2.03. The second-order valence-electron chi connectivity index (χ2n) is 5.06. The molecule has 0 amide bonds. The van der Waals surface area contributed by atoms with Crippen LogP contribution in [0, 0.1) is 13.8 Å². The van der Waals surface area contributed by atoms with Crippen LogP contribution < -0.4 is 4.72 Å². The first-order valence-electron chi connectivity index (χ1n) is 6.38. The van der Waals surface area contributed by atoms with E-state index in [1.54, 1.807) is 0 Å². The van der Waals surface area contributed by atoms with Gasteiger partial charge >= 0.3 is 0 Å². The monoisotopic (exact) mass is 323 g/mol. The Hall–Kier alpha value is -1.66. The lowest BCUT2D eigenvalue weighted by Crippen LogP contribution is -2.11. The molecule has 0 atom stereocenters.